The third kappa shape index (κ3) is 3.21. The van der Waals surface area contributed by atoms with Crippen molar-refractivity contribution in [1.82, 2.24) is 24.5 Å². The molecule has 0 radical (unpaired) electrons. The van der Waals surface area contributed by atoms with Crippen LogP contribution in [-0.4, -0.2) is 37.0 Å². The standard InChI is InChI=1S/C23H17F3N6O/c1-13-2-7-18-19(8-13)32-16(10-28-30-32)9-20-21(27-12-31(18)20)22-29-17(11-33-22)14-3-5-15(6-4-14)23(24,25)26/h2-8,10,12,17H,9,11H2,1H3/t17-/m1/s1. The number of nitrogens with zero attached hydrogens (tertiary/aromatic N) is 6. The van der Waals surface area contributed by atoms with Crippen LogP contribution < -0.4 is 0 Å². The van der Waals surface area contributed by atoms with Gasteiger partial charge in [0.1, 0.15) is 24.7 Å². The molecule has 0 bridgehead atoms. The van der Waals surface area contributed by atoms with Crippen LogP contribution in [0.4, 0.5) is 13.2 Å². The van der Waals surface area contributed by atoms with Gasteiger partial charge in [0.25, 0.3) is 0 Å². The van der Waals surface area contributed by atoms with Gasteiger partial charge in [-0.2, -0.15) is 13.2 Å². The first-order valence-corrected chi connectivity index (χ1v) is 10.3. The molecule has 4 aromatic rings. The fraction of sp³-hybridized carbons (Fsp3) is 0.217. The van der Waals surface area contributed by atoms with E-state index in [1.54, 1.807) is 12.5 Å². The summed E-state index contributed by atoms with van der Waals surface area (Å²) in [6, 6.07) is 10.7. The van der Waals surface area contributed by atoms with Crippen LogP contribution >= 0.6 is 0 Å². The Labute approximate surface area is 186 Å². The van der Waals surface area contributed by atoms with E-state index in [0.29, 0.717) is 23.6 Å². The van der Waals surface area contributed by atoms with Gasteiger partial charge in [0.2, 0.25) is 5.90 Å². The number of fused-ring (bicyclic) bond motifs is 5. The van der Waals surface area contributed by atoms with E-state index in [-0.39, 0.29) is 6.61 Å². The highest BCUT2D eigenvalue weighted by Crippen LogP contribution is 2.33. The first-order valence-electron chi connectivity index (χ1n) is 10.3. The molecule has 0 fully saturated rings. The molecule has 2 aromatic heterocycles. The monoisotopic (exact) mass is 450 g/mol. The van der Waals surface area contributed by atoms with E-state index in [9.17, 15) is 13.2 Å². The van der Waals surface area contributed by atoms with Crippen LogP contribution in [0.5, 0.6) is 0 Å². The summed E-state index contributed by atoms with van der Waals surface area (Å²) in [5.74, 6) is 0.378. The minimum Gasteiger partial charge on any atom is -0.474 e. The average Bonchev–Trinajstić information content (AvgIpc) is 3.52. The lowest BCUT2D eigenvalue weighted by atomic mass is 10.1. The van der Waals surface area contributed by atoms with Gasteiger partial charge in [-0.15, -0.1) is 5.10 Å². The minimum absolute atomic E-state index is 0.238. The van der Waals surface area contributed by atoms with Crippen molar-refractivity contribution in [3.63, 3.8) is 0 Å². The van der Waals surface area contributed by atoms with E-state index >= 15 is 0 Å². The van der Waals surface area contributed by atoms with Gasteiger partial charge in [-0.3, -0.25) is 4.57 Å². The van der Waals surface area contributed by atoms with Gasteiger partial charge in [-0.1, -0.05) is 23.4 Å². The number of benzene rings is 2. The van der Waals surface area contributed by atoms with Gasteiger partial charge in [0, 0.05) is 6.42 Å². The molecule has 7 nitrogen and oxygen atoms in total. The third-order valence-electron chi connectivity index (χ3n) is 5.93. The number of imidazole rings is 1. The Balaban J connectivity index is 1.39. The van der Waals surface area contributed by atoms with Gasteiger partial charge >= 0.3 is 6.18 Å². The largest absolute Gasteiger partial charge is 0.474 e. The van der Waals surface area contributed by atoms with E-state index in [2.05, 4.69) is 20.3 Å². The predicted molar refractivity (Wildman–Crippen MR) is 113 cm³/mol. The molecular formula is C23H17F3N6O. The second-order valence-electron chi connectivity index (χ2n) is 8.10. The smallest absolute Gasteiger partial charge is 0.416 e. The van der Waals surface area contributed by atoms with Crippen molar-refractivity contribution in [1.29, 1.82) is 0 Å². The molecule has 0 unspecified atom stereocenters. The van der Waals surface area contributed by atoms with Crippen molar-refractivity contribution in [3.8, 4) is 11.4 Å². The average molecular weight is 450 g/mol. The summed E-state index contributed by atoms with van der Waals surface area (Å²) in [5.41, 5.74) is 5.28. The maximum Gasteiger partial charge on any atom is 0.416 e. The zero-order valence-electron chi connectivity index (χ0n) is 17.4. The van der Waals surface area contributed by atoms with Gasteiger partial charge in [-0.05, 0) is 42.3 Å². The molecule has 1 atom stereocenters. The summed E-state index contributed by atoms with van der Waals surface area (Å²) < 4.78 is 48.3. The zero-order chi connectivity index (χ0) is 22.7. The van der Waals surface area contributed by atoms with Crippen LogP contribution in [0.25, 0.3) is 11.4 Å². The fourth-order valence-corrected chi connectivity index (χ4v) is 4.26. The molecule has 10 heteroatoms. The highest BCUT2D eigenvalue weighted by molar-refractivity contribution is 5.95. The molecule has 0 N–H and O–H groups in total. The van der Waals surface area contributed by atoms with Crippen molar-refractivity contribution < 1.29 is 17.9 Å². The van der Waals surface area contributed by atoms with E-state index < -0.39 is 17.8 Å². The molecule has 2 aliphatic rings. The Morgan fingerprint density at radius 2 is 1.88 bits per heavy atom. The second-order valence-corrected chi connectivity index (χ2v) is 8.10. The lowest BCUT2D eigenvalue weighted by Gasteiger charge is -2.10. The molecular weight excluding hydrogens is 433 g/mol. The normalized spacial score (nSPS) is 17.0. The van der Waals surface area contributed by atoms with Gasteiger partial charge in [0.15, 0.2) is 0 Å². The maximum absolute atomic E-state index is 12.9. The molecule has 2 aromatic carbocycles. The molecule has 2 aliphatic heterocycles. The highest BCUT2D eigenvalue weighted by Gasteiger charge is 2.32. The number of hydrogen-bond donors (Lipinski definition) is 0. The predicted octanol–water partition coefficient (Wildman–Crippen LogP) is 4.20. The number of hydrogen-bond acceptors (Lipinski definition) is 5. The van der Waals surface area contributed by atoms with Crippen molar-refractivity contribution in [2.75, 3.05) is 6.61 Å². The number of ether oxygens (including phenoxy) is 1. The lowest BCUT2D eigenvalue weighted by molar-refractivity contribution is -0.137. The second kappa shape index (κ2) is 7.03. The molecule has 4 heterocycles. The number of aromatic nitrogens is 5. The van der Waals surface area contributed by atoms with Crippen LogP contribution in [0.15, 0.2) is 60.0 Å². The van der Waals surface area contributed by atoms with Crippen molar-refractivity contribution in [2.24, 2.45) is 4.99 Å². The quantitative estimate of drug-likeness (QED) is 0.404. The van der Waals surface area contributed by atoms with Crippen LogP contribution in [0.2, 0.25) is 0 Å². The number of aliphatic imine (C=N–C) groups is 1. The number of aryl methyl sites for hydroxylation is 1. The van der Waals surface area contributed by atoms with Crippen molar-refractivity contribution in [3.05, 3.63) is 88.8 Å². The first kappa shape index (κ1) is 19.7. The summed E-state index contributed by atoms with van der Waals surface area (Å²) in [6.07, 6.45) is -0.399. The topological polar surface area (TPSA) is 70.1 Å². The van der Waals surface area contributed by atoms with Gasteiger partial charge < -0.3 is 4.74 Å². The lowest BCUT2D eigenvalue weighted by Crippen LogP contribution is -2.08. The Kier molecular flexibility index (Phi) is 4.20. The highest BCUT2D eigenvalue weighted by atomic mass is 19.4. The van der Waals surface area contributed by atoms with E-state index in [1.165, 1.54) is 12.1 Å². The first-order chi connectivity index (χ1) is 15.9. The van der Waals surface area contributed by atoms with Crippen molar-refractivity contribution >= 4 is 5.90 Å². The molecule has 166 valence electrons. The number of halogens is 3. The number of alkyl halides is 3. The molecule has 0 saturated heterocycles. The Hall–Kier alpha value is -3.95. The molecule has 0 aliphatic carbocycles. The molecule has 6 rings (SSSR count). The summed E-state index contributed by atoms with van der Waals surface area (Å²) >= 11 is 0. The van der Waals surface area contributed by atoms with E-state index in [0.717, 1.165) is 40.5 Å². The maximum atomic E-state index is 12.9. The van der Waals surface area contributed by atoms with Crippen LogP contribution in [0, 0.1) is 6.92 Å². The summed E-state index contributed by atoms with van der Waals surface area (Å²) in [6.45, 7) is 2.26. The SMILES string of the molecule is Cc1ccc2c(c1)-n1nncc1Cc1c(C3=N[C@@H](c4ccc(C(F)(F)F)cc4)CO3)ncn1-2. The summed E-state index contributed by atoms with van der Waals surface area (Å²) in [5, 5.41) is 8.33. The Morgan fingerprint density at radius 1 is 1.06 bits per heavy atom. The molecule has 0 amide bonds. The van der Waals surface area contributed by atoms with E-state index in [4.69, 9.17) is 4.74 Å². The summed E-state index contributed by atoms with van der Waals surface area (Å²) in [4.78, 5) is 9.23. The van der Waals surface area contributed by atoms with Crippen LogP contribution in [0.3, 0.4) is 0 Å². The van der Waals surface area contributed by atoms with Crippen molar-refractivity contribution in [2.45, 2.75) is 25.6 Å². The Bertz CT molecular complexity index is 1400. The molecule has 0 spiro atoms. The molecule has 0 saturated carbocycles. The van der Waals surface area contributed by atoms with Crippen LogP contribution in [-0.2, 0) is 17.3 Å². The zero-order valence-corrected chi connectivity index (χ0v) is 17.4. The van der Waals surface area contributed by atoms with Crippen LogP contribution in [0.1, 0.15) is 39.8 Å². The molecule has 33 heavy (non-hydrogen) atoms. The third-order valence-corrected chi connectivity index (χ3v) is 5.93. The summed E-state index contributed by atoms with van der Waals surface area (Å²) in [7, 11) is 0. The minimum atomic E-state index is -4.37. The fourth-order valence-electron chi connectivity index (χ4n) is 4.26. The van der Waals surface area contributed by atoms with E-state index in [1.807, 2.05) is 34.4 Å². The number of rotatable bonds is 2. The van der Waals surface area contributed by atoms with Gasteiger partial charge in [0.05, 0.1) is 34.5 Å². The Morgan fingerprint density at radius 3 is 2.67 bits per heavy atom. The van der Waals surface area contributed by atoms with Gasteiger partial charge in [-0.25, -0.2) is 14.7 Å².